The van der Waals surface area contributed by atoms with Gasteiger partial charge in [0.2, 0.25) is 11.0 Å². The van der Waals surface area contributed by atoms with E-state index < -0.39 is 0 Å². The van der Waals surface area contributed by atoms with Gasteiger partial charge in [-0.3, -0.25) is 4.79 Å². The second kappa shape index (κ2) is 7.87. The minimum absolute atomic E-state index is 0.161. The molecular weight excluding hydrogens is 396 g/mol. The highest BCUT2D eigenvalue weighted by molar-refractivity contribution is 8.01. The Morgan fingerprint density at radius 1 is 1.14 bits per heavy atom. The van der Waals surface area contributed by atoms with Crippen LogP contribution in [0.3, 0.4) is 0 Å². The van der Waals surface area contributed by atoms with Crippen molar-refractivity contribution in [3.63, 3.8) is 0 Å². The van der Waals surface area contributed by atoms with Crippen molar-refractivity contribution in [1.82, 2.24) is 20.2 Å². The number of amides is 1. The van der Waals surface area contributed by atoms with Crippen molar-refractivity contribution in [1.29, 1.82) is 0 Å². The molecule has 2 aromatic heterocycles. The Hall–Kier alpha value is -3.11. The van der Waals surface area contributed by atoms with Crippen LogP contribution in [0.5, 0.6) is 0 Å². The highest BCUT2D eigenvalue weighted by Gasteiger charge is 2.10. The van der Waals surface area contributed by atoms with Crippen molar-refractivity contribution in [3.8, 4) is 0 Å². The van der Waals surface area contributed by atoms with Crippen LogP contribution in [0.1, 0.15) is 5.56 Å². The average Bonchev–Trinajstić information content (AvgIpc) is 3.27. The maximum Gasteiger partial charge on any atom is 0.323 e. The predicted molar refractivity (Wildman–Crippen MR) is 113 cm³/mol. The fourth-order valence-corrected chi connectivity index (χ4v) is 4.15. The van der Waals surface area contributed by atoms with Crippen LogP contribution in [0.4, 0.5) is 16.5 Å². The topological polar surface area (TPSA) is 116 Å². The van der Waals surface area contributed by atoms with Crippen molar-refractivity contribution in [2.24, 2.45) is 0 Å². The number of nitrogens with zero attached hydrogens (tertiary/aromatic N) is 2. The minimum atomic E-state index is -0.277. The van der Waals surface area contributed by atoms with Crippen molar-refractivity contribution >= 4 is 56.5 Å². The van der Waals surface area contributed by atoms with Gasteiger partial charge in [-0.05, 0) is 36.8 Å². The monoisotopic (exact) mass is 412 g/mol. The first-order chi connectivity index (χ1) is 13.6. The first kappa shape index (κ1) is 18.3. The Morgan fingerprint density at radius 3 is 2.82 bits per heavy atom. The number of H-pyrrole nitrogens is 2. The quantitative estimate of drug-likeness (QED) is 0.360. The highest BCUT2D eigenvalue weighted by atomic mass is 32.2. The summed E-state index contributed by atoms with van der Waals surface area (Å²) in [6.45, 7) is 2.02. The molecule has 142 valence electrons. The smallest absolute Gasteiger partial charge is 0.323 e. The van der Waals surface area contributed by atoms with Crippen LogP contribution in [-0.2, 0) is 4.79 Å². The van der Waals surface area contributed by atoms with Gasteiger partial charge in [0.25, 0.3) is 0 Å². The van der Waals surface area contributed by atoms with Crippen LogP contribution in [0, 0.1) is 6.92 Å². The number of fused-ring (bicyclic) bond motifs is 1. The molecule has 2 heterocycles. The van der Waals surface area contributed by atoms with Gasteiger partial charge in [0.15, 0.2) is 4.34 Å². The maximum absolute atomic E-state index is 12.2. The molecule has 10 heteroatoms. The number of carbonyl (C=O) groups excluding carboxylic acids is 1. The number of hydrogen-bond donors (Lipinski definition) is 4. The molecule has 4 aromatic rings. The summed E-state index contributed by atoms with van der Waals surface area (Å²) >= 11 is 2.72. The Balaban J connectivity index is 1.33. The molecule has 0 radical (unpaired) electrons. The van der Waals surface area contributed by atoms with Crippen LogP contribution >= 0.6 is 23.1 Å². The molecule has 0 aliphatic heterocycles. The number of benzene rings is 2. The van der Waals surface area contributed by atoms with Crippen molar-refractivity contribution in [3.05, 3.63) is 58.5 Å². The van der Waals surface area contributed by atoms with E-state index in [1.54, 1.807) is 18.2 Å². The molecule has 8 nitrogen and oxygen atoms in total. The van der Waals surface area contributed by atoms with Crippen LogP contribution in [0.25, 0.3) is 11.0 Å². The molecule has 2 aromatic carbocycles. The number of aromatic amines is 2. The molecule has 1 amide bonds. The second-order valence-corrected chi connectivity index (χ2v) is 8.19. The fraction of sp³-hybridized carbons (Fsp3) is 0.111. The lowest BCUT2D eigenvalue weighted by atomic mass is 10.2. The van der Waals surface area contributed by atoms with Crippen LogP contribution in [-0.4, -0.2) is 31.8 Å². The molecule has 0 aliphatic rings. The molecule has 0 saturated heterocycles. The Bertz CT molecular complexity index is 1200. The molecule has 0 atom stereocenters. The Labute approximate surface area is 167 Å². The number of aromatic nitrogens is 4. The molecule has 0 fully saturated rings. The molecule has 28 heavy (non-hydrogen) atoms. The first-order valence-electron chi connectivity index (χ1n) is 8.38. The zero-order valence-corrected chi connectivity index (χ0v) is 16.4. The van der Waals surface area contributed by atoms with E-state index in [9.17, 15) is 9.59 Å². The van der Waals surface area contributed by atoms with E-state index >= 15 is 0 Å². The molecule has 4 rings (SSSR count). The predicted octanol–water partition coefficient (Wildman–Crippen LogP) is 3.49. The van der Waals surface area contributed by atoms with Crippen LogP contribution in [0.2, 0.25) is 0 Å². The van der Waals surface area contributed by atoms with Gasteiger partial charge in [-0.1, -0.05) is 41.3 Å². The third kappa shape index (κ3) is 4.24. The lowest BCUT2D eigenvalue weighted by Crippen LogP contribution is -2.13. The molecule has 0 bridgehead atoms. The summed E-state index contributed by atoms with van der Waals surface area (Å²) in [6.07, 6.45) is 0. The standard InChI is InChI=1S/C18H16N6O2S2/c1-10-4-2-3-5-12(10)22-17-23-24-18(28-17)27-9-15(25)19-11-6-7-13-14(8-11)21-16(26)20-13/h2-8H,9H2,1H3,(H,19,25)(H,22,23)(H2,20,21,26). The lowest BCUT2D eigenvalue weighted by molar-refractivity contribution is -0.113. The lowest BCUT2D eigenvalue weighted by Gasteiger charge is -2.04. The average molecular weight is 413 g/mol. The van der Waals surface area contributed by atoms with Gasteiger partial charge in [0.1, 0.15) is 0 Å². The summed E-state index contributed by atoms with van der Waals surface area (Å²) in [6, 6.07) is 13.1. The van der Waals surface area contributed by atoms with E-state index in [-0.39, 0.29) is 17.3 Å². The van der Waals surface area contributed by atoms with Gasteiger partial charge >= 0.3 is 5.69 Å². The number of carbonyl (C=O) groups is 1. The molecule has 0 unspecified atom stereocenters. The number of rotatable bonds is 6. The number of hydrogen-bond acceptors (Lipinski definition) is 7. The number of para-hydroxylation sites is 1. The number of thioether (sulfide) groups is 1. The number of nitrogens with one attached hydrogen (secondary N) is 4. The Kier molecular flexibility index (Phi) is 5.13. The summed E-state index contributed by atoms with van der Waals surface area (Å²) < 4.78 is 0.705. The number of imidazole rings is 1. The zero-order valence-electron chi connectivity index (χ0n) is 14.8. The third-order valence-electron chi connectivity index (χ3n) is 3.92. The largest absolute Gasteiger partial charge is 0.330 e. The third-order valence-corrected chi connectivity index (χ3v) is 5.89. The molecule has 0 saturated carbocycles. The Morgan fingerprint density at radius 2 is 1.96 bits per heavy atom. The number of aryl methyl sites for hydroxylation is 1. The van der Waals surface area contributed by atoms with Crippen molar-refractivity contribution < 1.29 is 4.79 Å². The summed E-state index contributed by atoms with van der Waals surface area (Å²) in [5.74, 6) is 0.0478. The minimum Gasteiger partial charge on any atom is -0.330 e. The van der Waals surface area contributed by atoms with E-state index in [4.69, 9.17) is 0 Å². The fourth-order valence-electron chi connectivity index (χ4n) is 2.58. The normalized spacial score (nSPS) is 10.9. The number of anilines is 3. The van der Waals surface area contributed by atoms with Gasteiger partial charge in [0, 0.05) is 11.4 Å². The van der Waals surface area contributed by atoms with Gasteiger partial charge < -0.3 is 20.6 Å². The second-order valence-electron chi connectivity index (χ2n) is 5.99. The van der Waals surface area contributed by atoms with E-state index in [0.717, 1.165) is 11.3 Å². The zero-order chi connectivity index (χ0) is 19.5. The van der Waals surface area contributed by atoms with E-state index in [2.05, 4.69) is 30.8 Å². The summed E-state index contributed by atoms with van der Waals surface area (Å²) in [7, 11) is 0. The molecule has 0 aliphatic carbocycles. The SMILES string of the molecule is Cc1ccccc1Nc1nnc(SCC(=O)Nc2ccc3[nH]c(=O)[nH]c3c2)s1. The summed E-state index contributed by atoms with van der Waals surface area (Å²) in [5.41, 5.74) is 3.78. The van der Waals surface area contributed by atoms with Crippen LogP contribution in [0.15, 0.2) is 51.6 Å². The van der Waals surface area contributed by atoms with Gasteiger partial charge in [-0.2, -0.15) is 0 Å². The summed E-state index contributed by atoms with van der Waals surface area (Å²) in [4.78, 5) is 28.8. The molecule has 4 N–H and O–H groups in total. The maximum atomic E-state index is 12.2. The van der Waals surface area contributed by atoms with Crippen molar-refractivity contribution in [2.75, 3.05) is 16.4 Å². The van der Waals surface area contributed by atoms with Gasteiger partial charge in [0.05, 0.1) is 16.8 Å². The highest BCUT2D eigenvalue weighted by Crippen LogP contribution is 2.28. The molecule has 0 spiro atoms. The van der Waals surface area contributed by atoms with E-state index in [0.29, 0.717) is 26.2 Å². The molecular formula is C18H16N6O2S2. The van der Waals surface area contributed by atoms with E-state index in [1.807, 2.05) is 31.2 Å². The summed E-state index contributed by atoms with van der Waals surface area (Å²) in [5, 5.41) is 15.0. The van der Waals surface area contributed by atoms with Gasteiger partial charge in [-0.15, -0.1) is 10.2 Å². The first-order valence-corrected chi connectivity index (χ1v) is 10.2. The van der Waals surface area contributed by atoms with Gasteiger partial charge in [-0.25, -0.2) is 4.79 Å². The van der Waals surface area contributed by atoms with Crippen molar-refractivity contribution in [2.45, 2.75) is 11.3 Å². The van der Waals surface area contributed by atoms with Crippen LogP contribution < -0.4 is 16.3 Å². The van der Waals surface area contributed by atoms with E-state index in [1.165, 1.54) is 23.1 Å².